The molecule has 1 atom stereocenters. The first-order valence-corrected chi connectivity index (χ1v) is 8.23. The molecule has 1 rings (SSSR count). The van der Waals surface area contributed by atoms with Crippen LogP contribution < -0.4 is 10.6 Å². The first kappa shape index (κ1) is 14.3. The summed E-state index contributed by atoms with van der Waals surface area (Å²) in [4.78, 5) is 0. The Morgan fingerprint density at radius 1 is 1.25 bits per heavy atom. The van der Waals surface area contributed by atoms with Gasteiger partial charge in [-0.3, -0.25) is 0 Å². The van der Waals surface area contributed by atoms with Gasteiger partial charge in [0.15, 0.2) is 0 Å². The number of piperidine rings is 1. The Labute approximate surface area is 105 Å². The number of thioether (sulfide) groups is 1. The van der Waals surface area contributed by atoms with Crippen LogP contribution in [-0.4, -0.2) is 38.2 Å². The lowest BCUT2D eigenvalue weighted by atomic mass is 10.00. The van der Waals surface area contributed by atoms with Gasteiger partial charge in [-0.25, -0.2) is 0 Å². The third-order valence-electron chi connectivity index (χ3n) is 3.28. The molecule has 1 aliphatic heterocycles. The monoisotopic (exact) mass is 244 g/mol. The van der Waals surface area contributed by atoms with E-state index < -0.39 is 0 Å². The summed E-state index contributed by atoms with van der Waals surface area (Å²) in [6.45, 7) is 4.89. The Balaban J connectivity index is 1.77. The fraction of sp³-hybridized carbons (Fsp3) is 1.00. The average molecular weight is 244 g/mol. The largest absolute Gasteiger partial charge is 0.316 e. The lowest BCUT2D eigenvalue weighted by Crippen LogP contribution is -2.36. The fourth-order valence-electron chi connectivity index (χ4n) is 2.25. The van der Waals surface area contributed by atoms with Gasteiger partial charge in [-0.1, -0.05) is 12.8 Å². The van der Waals surface area contributed by atoms with Crippen LogP contribution in [0.2, 0.25) is 0 Å². The average Bonchev–Trinajstić information content (AvgIpc) is 2.34. The van der Waals surface area contributed by atoms with E-state index in [-0.39, 0.29) is 0 Å². The van der Waals surface area contributed by atoms with Gasteiger partial charge in [0.2, 0.25) is 0 Å². The highest BCUT2D eigenvalue weighted by molar-refractivity contribution is 7.98. The molecule has 1 aliphatic rings. The summed E-state index contributed by atoms with van der Waals surface area (Å²) in [5.41, 5.74) is 0. The first-order valence-electron chi connectivity index (χ1n) is 6.84. The molecule has 0 aliphatic carbocycles. The molecule has 0 aromatic carbocycles. The van der Waals surface area contributed by atoms with Crippen molar-refractivity contribution in [2.75, 3.05) is 38.2 Å². The van der Waals surface area contributed by atoms with Crippen molar-refractivity contribution in [3.8, 4) is 0 Å². The summed E-state index contributed by atoms with van der Waals surface area (Å²) in [5.74, 6) is 2.21. The van der Waals surface area contributed by atoms with Crippen LogP contribution in [0.25, 0.3) is 0 Å². The third kappa shape index (κ3) is 7.53. The summed E-state index contributed by atoms with van der Waals surface area (Å²) in [6, 6.07) is 0. The van der Waals surface area contributed by atoms with Crippen molar-refractivity contribution in [3.63, 3.8) is 0 Å². The molecule has 1 unspecified atom stereocenters. The van der Waals surface area contributed by atoms with Gasteiger partial charge >= 0.3 is 0 Å². The molecule has 3 heteroatoms. The van der Waals surface area contributed by atoms with Gasteiger partial charge in [0.1, 0.15) is 0 Å². The van der Waals surface area contributed by atoms with E-state index in [9.17, 15) is 0 Å². The van der Waals surface area contributed by atoms with Crippen molar-refractivity contribution in [3.05, 3.63) is 0 Å². The minimum absolute atomic E-state index is 0.880. The third-order valence-corrected chi connectivity index (χ3v) is 3.98. The van der Waals surface area contributed by atoms with Gasteiger partial charge in [0.25, 0.3) is 0 Å². The number of hydrogen-bond acceptors (Lipinski definition) is 3. The topological polar surface area (TPSA) is 24.1 Å². The zero-order valence-corrected chi connectivity index (χ0v) is 11.6. The van der Waals surface area contributed by atoms with E-state index in [0.29, 0.717) is 0 Å². The summed E-state index contributed by atoms with van der Waals surface area (Å²) in [7, 11) is 0. The van der Waals surface area contributed by atoms with Crippen LogP contribution in [0.3, 0.4) is 0 Å². The molecule has 16 heavy (non-hydrogen) atoms. The van der Waals surface area contributed by atoms with E-state index in [2.05, 4.69) is 16.9 Å². The lowest BCUT2D eigenvalue weighted by molar-refractivity contribution is 0.359. The van der Waals surface area contributed by atoms with E-state index in [0.717, 1.165) is 5.92 Å². The van der Waals surface area contributed by atoms with Gasteiger partial charge in [-0.15, -0.1) is 0 Å². The van der Waals surface area contributed by atoms with Crippen LogP contribution in [-0.2, 0) is 0 Å². The summed E-state index contributed by atoms with van der Waals surface area (Å²) >= 11 is 1.97. The minimum Gasteiger partial charge on any atom is -0.316 e. The smallest absolute Gasteiger partial charge is 0.000837 e. The van der Waals surface area contributed by atoms with Crippen LogP contribution in [0, 0.1) is 5.92 Å². The molecule has 0 aromatic rings. The van der Waals surface area contributed by atoms with Crippen molar-refractivity contribution in [2.45, 2.75) is 38.5 Å². The first-order chi connectivity index (χ1) is 7.93. The molecule has 96 valence electrons. The lowest BCUT2D eigenvalue weighted by Gasteiger charge is -2.22. The van der Waals surface area contributed by atoms with Crippen molar-refractivity contribution in [1.29, 1.82) is 0 Å². The van der Waals surface area contributed by atoms with E-state index in [1.165, 1.54) is 70.5 Å². The van der Waals surface area contributed by atoms with Gasteiger partial charge in [0, 0.05) is 0 Å². The van der Waals surface area contributed by atoms with Gasteiger partial charge < -0.3 is 10.6 Å². The Morgan fingerprint density at radius 3 is 2.88 bits per heavy atom. The quantitative estimate of drug-likeness (QED) is 0.609. The Hall–Kier alpha value is 0.270. The van der Waals surface area contributed by atoms with Crippen LogP contribution >= 0.6 is 11.8 Å². The highest BCUT2D eigenvalue weighted by atomic mass is 32.2. The molecule has 1 fully saturated rings. The molecule has 0 saturated carbocycles. The van der Waals surface area contributed by atoms with E-state index in [4.69, 9.17) is 0 Å². The number of hydrogen-bond donors (Lipinski definition) is 2. The molecule has 0 amide bonds. The van der Waals surface area contributed by atoms with Gasteiger partial charge in [0.05, 0.1) is 0 Å². The van der Waals surface area contributed by atoms with Gasteiger partial charge in [-0.2, -0.15) is 11.8 Å². The van der Waals surface area contributed by atoms with E-state index >= 15 is 0 Å². The maximum atomic E-state index is 3.60. The van der Waals surface area contributed by atoms with Crippen molar-refractivity contribution >= 4 is 11.8 Å². The molecular formula is C13H28N2S. The molecule has 1 saturated heterocycles. The molecule has 1 heterocycles. The van der Waals surface area contributed by atoms with Crippen molar-refractivity contribution in [2.24, 2.45) is 5.92 Å². The predicted octanol–water partition coefficient (Wildman–Crippen LogP) is 2.50. The SMILES string of the molecule is CSCCCCCCNCC1CCCNC1. The molecule has 2 N–H and O–H groups in total. The normalized spacial score (nSPS) is 21.2. The molecule has 0 spiro atoms. The number of unbranched alkanes of at least 4 members (excludes halogenated alkanes) is 3. The predicted molar refractivity (Wildman–Crippen MR) is 75.3 cm³/mol. The van der Waals surface area contributed by atoms with Crippen molar-refractivity contribution in [1.82, 2.24) is 10.6 Å². The zero-order chi connectivity index (χ0) is 11.5. The number of rotatable bonds is 9. The van der Waals surface area contributed by atoms with Gasteiger partial charge in [-0.05, 0) is 69.8 Å². The van der Waals surface area contributed by atoms with Crippen LogP contribution in [0.4, 0.5) is 0 Å². The maximum absolute atomic E-state index is 3.60. The number of nitrogens with one attached hydrogen (secondary N) is 2. The standard InChI is InChI=1S/C13H28N2S/c1-16-10-5-3-2-4-8-14-11-13-7-6-9-15-12-13/h13-15H,2-12H2,1H3. The second-order valence-corrected chi connectivity index (χ2v) is 5.81. The molecule has 0 aromatic heterocycles. The molecule has 2 nitrogen and oxygen atoms in total. The van der Waals surface area contributed by atoms with Crippen LogP contribution in [0.1, 0.15) is 38.5 Å². The highest BCUT2D eigenvalue weighted by Gasteiger charge is 2.11. The Kier molecular flexibility index (Phi) is 9.34. The molecule has 0 radical (unpaired) electrons. The second kappa shape index (κ2) is 10.4. The van der Waals surface area contributed by atoms with Crippen molar-refractivity contribution < 1.29 is 0 Å². The Bertz CT molecular complexity index is 147. The second-order valence-electron chi connectivity index (χ2n) is 4.82. The highest BCUT2D eigenvalue weighted by Crippen LogP contribution is 2.08. The summed E-state index contributed by atoms with van der Waals surface area (Å²) < 4.78 is 0. The van der Waals surface area contributed by atoms with Crippen LogP contribution in [0.5, 0.6) is 0 Å². The fourth-order valence-corrected chi connectivity index (χ4v) is 2.75. The minimum atomic E-state index is 0.880. The van der Waals surface area contributed by atoms with E-state index in [1.807, 2.05) is 11.8 Å². The van der Waals surface area contributed by atoms with E-state index in [1.54, 1.807) is 0 Å². The Morgan fingerprint density at radius 2 is 2.12 bits per heavy atom. The zero-order valence-electron chi connectivity index (χ0n) is 10.8. The summed E-state index contributed by atoms with van der Waals surface area (Å²) in [6.07, 6.45) is 10.5. The maximum Gasteiger partial charge on any atom is -0.000837 e. The summed E-state index contributed by atoms with van der Waals surface area (Å²) in [5, 5.41) is 7.07. The van der Waals surface area contributed by atoms with Crippen LogP contribution in [0.15, 0.2) is 0 Å². The molecular weight excluding hydrogens is 216 g/mol. The molecule has 0 bridgehead atoms.